The number of hydrogen-bond acceptors (Lipinski definition) is 4. The zero-order chi connectivity index (χ0) is 12.2. The van der Waals surface area contributed by atoms with Gasteiger partial charge in [0.25, 0.3) is 0 Å². The third kappa shape index (κ3) is 8.05. The first-order valence-corrected chi connectivity index (χ1v) is 6.22. The molecule has 0 bridgehead atoms. The molecule has 16 heavy (non-hydrogen) atoms. The second kappa shape index (κ2) is 11.3. The Morgan fingerprint density at radius 1 is 1.06 bits per heavy atom. The van der Waals surface area contributed by atoms with Crippen molar-refractivity contribution >= 4 is 0 Å². The SMILES string of the molecule is CCOC(CN(CC)CCCOC)OCC. The van der Waals surface area contributed by atoms with E-state index in [0.29, 0.717) is 13.2 Å². The van der Waals surface area contributed by atoms with Crippen LogP contribution >= 0.6 is 0 Å². The quantitative estimate of drug-likeness (QED) is 0.402. The van der Waals surface area contributed by atoms with Gasteiger partial charge in [-0.15, -0.1) is 0 Å². The van der Waals surface area contributed by atoms with Crippen molar-refractivity contribution in [2.45, 2.75) is 33.5 Å². The lowest BCUT2D eigenvalue weighted by atomic mass is 10.3. The lowest BCUT2D eigenvalue weighted by Crippen LogP contribution is -2.36. The first kappa shape index (κ1) is 15.8. The number of nitrogens with zero attached hydrogens (tertiary/aromatic N) is 1. The van der Waals surface area contributed by atoms with Gasteiger partial charge in [-0.1, -0.05) is 6.92 Å². The molecule has 0 N–H and O–H groups in total. The Bertz CT molecular complexity index is 138. The average Bonchev–Trinajstić information content (AvgIpc) is 2.28. The zero-order valence-corrected chi connectivity index (χ0v) is 11.2. The molecule has 0 saturated heterocycles. The van der Waals surface area contributed by atoms with E-state index in [1.165, 1.54) is 0 Å². The Morgan fingerprint density at radius 2 is 1.69 bits per heavy atom. The van der Waals surface area contributed by atoms with E-state index in [9.17, 15) is 0 Å². The topological polar surface area (TPSA) is 30.9 Å². The van der Waals surface area contributed by atoms with Crippen LogP contribution < -0.4 is 0 Å². The summed E-state index contributed by atoms with van der Waals surface area (Å²) in [5.74, 6) is 0. The lowest BCUT2D eigenvalue weighted by molar-refractivity contribution is -0.147. The van der Waals surface area contributed by atoms with E-state index in [1.807, 2.05) is 13.8 Å². The van der Waals surface area contributed by atoms with Gasteiger partial charge in [0.05, 0.1) is 0 Å². The second-order valence-corrected chi connectivity index (χ2v) is 3.58. The molecule has 0 amide bonds. The molecule has 4 heteroatoms. The minimum atomic E-state index is -0.0995. The van der Waals surface area contributed by atoms with Crippen LogP contribution in [-0.2, 0) is 14.2 Å². The molecule has 0 spiro atoms. The van der Waals surface area contributed by atoms with Gasteiger partial charge in [0.15, 0.2) is 6.29 Å². The monoisotopic (exact) mass is 233 g/mol. The minimum absolute atomic E-state index is 0.0995. The van der Waals surface area contributed by atoms with Gasteiger partial charge in [0, 0.05) is 40.0 Å². The van der Waals surface area contributed by atoms with Crippen molar-refractivity contribution in [3.8, 4) is 0 Å². The van der Waals surface area contributed by atoms with E-state index in [4.69, 9.17) is 14.2 Å². The van der Waals surface area contributed by atoms with Crippen molar-refractivity contribution in [2.75, 3.05) is 46.6 Å². The van der Waals surface area contributed by atoms with Crippen molar-refractivity contribution in [3.63, 3.8) is 0 Å². The van der Waals surface area contributed by atoms with Gasteiger partial charge in [-0.25, -0.2) is 0 Å². The van der Waals surface area contributed by atoms with Crippen molar-refractivity contribution in [2.24, 2.45) is 0 Å². The van der Waals surface area contributed by atoms with Crippen molar-refractivity contribution in [1.82, 2.24) is 4.90 Å². The number of hydrogen-bond donors (Lipinski definition) is 0. The zero-order valence-electron chi connectivity index (χ0n) is 11.2. The molecule has 0 aliphatic carbocycles. The standard InChI is InChI=1S/C12H27NO3/c1-5-13(9-8-10-14-4)11-12(15-6-2)16-7-3/h12H,5-11H2,1-4H3. The molecule has 0 unspecified atom stereocenters. The smallest absolute Gasteiger partial charge is 0.170 e. The molecule has 0 radical (unpaired) electrons. The molecule has 0 aliphatic heterocycles. The predicted octanol–water partition coefficient (Wildman–Crippen LogP) is 1.74. The maximum Gasteiger partial charge on any atom is 0.170 e. The van der Waals surface area contributed by atoms with Gasteiger partial charge in [0.2, 0.25) is 0 Å². The molecule has 0 fully saturated rings. The Kier molecular flexibility index (Phi) is 11.2. The number of ether oxygens (including phenoxy) is 3. The molecule has 0 aromatic carbocycles. The summed E-state index contributed by atoms with van der Waals surface area (Å²) in [6.45, 7) is 11.2. The van der Waals surface area contributed by atoms with Crippen LogP contribution in [0.3, 0.4) is 0 Å². The highest BCUT2D eigenvalue weighted by atomic mass is 16.7. The first-order valence-electron chi connectivity index (χ1n) is 6.22. The summed E-state index contributed by atoms with van der Waals surface area (Å²) in [7, 11) is 1.74. The number of methoxy groups -OCH3 is 1. The van der Waals surface area contributed by atoms with E-state index >= 15 is 0 Å². The fourth-order valence-corrected chi connectivity index (χ4v) is 1.55. The molecule has 4 nitrogen and oxygen atoms in total. The summed E-state index contributed by atoms with van der Waals surface area (Å²) in [5, 5.41) is 0. The number of likely N-dealkylation sites (N-methyl/N-ethyl adjacent to an activating group) is 1. The molecule has 0 aromatic heterocycles. The molecule has 0 heterocycles. The van der Waals surface area contributed by atoms with E-state index in [1.54, 1.807) is 7.11 Å². The van der Waals surface area contributed by atoms with Crippen molar-refractivity contribution < 1.29 is 14.2 Å². The summed E-state index contributed by atoms with van der Waals surface area (Å²) in [5.41, 5.74) is 0. The second-order valence-electron chi connectivity index (χ2n) is 3.58. The summed E-state index contributed by atoms with van der Waals surface area (Å²) >= 11 is 0. The minimum Gasteiger partial charge on any atom is -0.385 e. The molecule has 0 aromatic rings. The molecular weight excluding hydrogens is 206 g/mol. The van der Waals surface area contributed by atoms with Gasteiger partial charge in [-0.2, -0.15) is 0 Å². The fourth-order valence-electron chi connectivity index (χ4n) is 1.55. The van der Waals surface area contributed by atoms with E-state index in [-0.39, 0.29) is 6.29 Å². The van der Waals surface area contributed by atoms with E-state index in [0.717, 1.165) is 32.7 Å². The van der Waals surface area contributed by atoms with E-state index < -0.39 is 0 Å². The Labute approximate surface area is 99.9 Å². The van der Waals surface area contributed by atoms with Crippen molar-refractivity contribution in [1.29, 1.82) is 0 Å². The lowest BCUT2D eigenvalue weighted by Gasteiger charge is -2.25. The van der Waals surface area contributed by atoms with Crippen LogP contribution in [0.25, 0.3) is 0 Å². The molecule has 0 rings (SSSR count). The summed E-state index contributed by atoms with van der Waals surface area (Å²) in [6, 6.07) is 0. The molecular formula is C12H27NO3. The summed E-state index contributed by atoms with van der Waals surface area (Å²) in [6.07, 6.45) is 0.951. The van der Waals surface area contributed by atoms with Gasteiger partial charge < -0.3 is 14.2 Å². The third-order valence-electron chi connectivity index (χ3n) is 2.38. The van der Waals surface area contributed by atoms with Gasteiger partial charge >= 0.3 is 0 Å². The van der Waals surface area contributed by atoms with Crippen LogP contribution in [0.1, 0.15) is 27.2 Å². The van der Waals surface area contributed by atoms with Crippen LogP contribution in [0.2, 0.25) is 0 Å². The highest BCUT2D eigenvalue weighted by Crippen LogP contribution is 2.01. The normalized spacial score (nSPS) is 11.6. The van der Waals surface area contributed by atoms with Gasteiger partial charge in [-0.3, -0.25) is 4.90 Å². The molecule has 0 atom stereocenters. The third-order valence-corrected chi connectivity index (χ3v) is 2.38. The van der Waals surface area contributed by atoms with Crippen LogP contribution in [0.5, 0.6) is 0 Å². The van der Waals surface area contributed by atoms with Gasteiger partial charge in [0.1, 0.15) is 0 Å². The molecule has 98 valence electrons. The van der Waals surface area contributed by atoms with Crippen LogP contribution in [-0.4, -0.2) is 57.8 Å². The predicted molar refractivity (Wildman–Crippen MR) is 65.6 cm³/mol. The van der Waals surface area contributed by atoms with E-state index in [2.05, 4.69) is 11.8 Å². The Hall–Kier alpha value is -0.160. The maximum atomic E-state index is 5.53. The van der Waals surface area contributed by atoms with Crippen LogP contribution in [0, 0.1) is 0 Å². The first-order chi connectivity index (χ1) is 7.78. The van der Waals surface area contributed by atoms with Crippen LogP contribution in [0.15, 0.2) is 0 Å². The van der Waals surface area contributed by atoms with Crippen LogP contribution in [0.4, 0.5) is 0 Å². The summed E-state index contributed by atoms with van der Waals surface area (Å²) < 4.78 is 16.1. The fraction of sp³-hybridized carbons (Fsp3) is 1.00. The highest BCUT2D eigenvalue weighted by molar-refractivity contribution is 4.58. The molecule has 0 aliphatic rings. The highest BCUT2D eigenvalue weighted by Gasteiger charge is 2.12. The van der Waals surface area contributed by atoms with Gasteiger partial charge in [-0.05, 0) is 26.8 Å². The van der Waals surface area contributed by atoms with Crippen molar-refractivity contribution in [3.05, 3.63) is 0 Å². The number of rotatable bonds is 11. The summed E-state index contributed by atoms with van der Waals surface area (Å²) in [4.78, 5) is 2.33. The average molecular weight is 233 g/mol. The Balaban J connectivity index is 3.84. The Morgan fingerprint density at radius 3 is 2.12 bits per heavy atom. The largest absolute Gasteiger partial charge is 0.385 e. The maximum absolute atomic E-state index is 5.53. The molecule has 0 saturated carbocycles.